The molecule has 1 aliphatic heterocycles. The first-order valence-corrected chi connectivity index (χ1v) is 12.9. The van der Waals surface area contributed by atoms with E-state index in [4.69, 9.17) is 9.72 Å². The van der Waals surface area contributed by atoms with Crippen molar-refractivity contribution in [3.05, 3.63) is 54.2 Å². The molecule has 7 heteroatoms. The van der Waals surface area contributed by atoms with E-state index in [1.165, 1.54) is 19.5 Å². The second-order valence-electron chi connectivity index (χ2n) is 9.61. The number of thiazole rings is 1. The Balaban J connectivity index is 1.22. The number of methoxy groups -OCH3 is 1. The van der Waals surface area contributed by atoms with Gasteiger partial charge in [-0.2, -0.15) is 0 Å². The largest absolute Gasteiger partial charge is 0.497 e. The molecule has 0 bridgehead atoms. The van der Waals surface area contributed by atoms with E-state index in [1.54, 1.807) is 18.4 Å². The number of piperidine rings is 1. The van der Waals surface area contributed by atoms with Gasteiger partial charge in [-0.3, -0.25) is 9.20 Å². The topological polar surface area (TPSA) is 58.9 Å². The summed E-state index contributed by atoms with van der Waals surface area (Å²) in [4.78, 5) is 21.0. The van der Waals surface area contributed by atoms with Crippen molar-refractivity contribution in [1.82, 2.24) is 19.6 Å². The molecule has 1 aliphatic rings. The number of imidazole rings is 1. The highest BCUT2D eigenvalue weighted by atomic mass is 32.1. The molecule has 4 aromatic rings. The third-order valence-corrected chi connectivity index (χ3v) is 7.64. The van der Waals surface area contributed by atoms with E-state index in [0.29, 0.717) is 12.1 Å². The minimum absolute atomic E-state index is 0.00718. The lowest BCUT2D eigenvalue weighted by Gasteiger charge is -2.34. The third-order valence-electron chi connectivity index (χ3n) is 6.62. The summed E-state index contributed by atoms with van der Waals surface area (Å²) in [6.45, 7) is 8.77. The Hall–Kier alpha value is -2.90. The molecular weight excluding hydrogens is 444 g/mol. The molecule has 6 nitrogen and oxygen atoms in total. The van der Waals surface area contributed by atoms with Crippen LogP contribution in [-0.4, -0.2) is 53.5 Å². The van der Waals surface area contributed by atoms with Gasteiger partial charge in [-0.15, -0.1) is 0 Å². The summed E-state index contributed by atoms with van der Waals surface area (Å²) in [5, 5.41) is 3.10. The molecule has 34 heavy (non-hydrogen) atoms. The van der Waals surface area contributed by atoms with Crippen molar-refractivity contribution < 1.29 is 9.53 Å². The monoisotopic (exact) mass is 476 g/mol. The summed E-state index contributed by atoms with van der Waals surface area (Å²) in [5.74, 6) is 2.36. The number of aromatic nitrogens is 2. The van der Waals surface area contributed by atoms with Crippen LogP contribution >= 0.6 is 11.3 Å². The Labute approximate surface area is 204 Å². The fourth-order valence-corrected chi connectivity index (χ4v) is 6.17. The van der Waals surface area contributed by atoms with Crippen molar-refractivity contribution in [3.8, 4) is 17.0 Å². The van der Waals surface area contributed by atoms with E-state index in [-0.39, 0.29) is 5.91 Å². The molecule has 0 aliphatic carbocycles. The lowest BCUT2D eigenvalue weighted by atomic mass is 9.92. The standard InChI is InChI=1S/C27H32N4O2S/c1-18-13-19(2)16-30(15-18)12-4-11-28-26(32)21-7-10-24-25(14-21)34-27-29-23(17-31(24)27)20-5-8-22(33-3)9-6-20/h5-10,14,17-19H,4,11-13,15-16H2,1-3H3,(H,28,32). The number of benzene rings is 2. The SMILES string of the molecule is COc1ccc(-c2cn3c(n2)sc2cc(C(=O)NCCCN4CC(C)CC(C)C4)ccc23)cc1. The van der Waals surface area contributed by atoms with Crippen LogP contribution in [0.4, 0.5) is 0 Å². The number of carbonyl (C=O) groups is 1. The van der Waals surface area contributed by atoms with Gasteiger partial charge in [0.1, 0.15) is 5.75 Å². The Bertz CT molecular complexity index is 1280. The number of hydrogen-bond donors (Lipinski definition) is 1. The fourth-order valence-electron chi connectivity index (χ4n) is 5.12. The predicted molar refractivity (Wildman–Crippen MR) is 139 cm³/mol. The average molecular weight is 477 g/mol. The molecule has 1 amide bonds. The highest BCUT2D eigenvalue weighted by Crippen LogP contribution is 2.30. The van der Waals surface area contributed by atoms with E-state index in [1.807, 2.05) is 42.5 Å². The highest BCUT2D eigenvalue weighted by molar-refractivity contribution is 7.23. The van der Waals surface area contributed by atoms with Gasteiger partial charge in [0.05, 0.1) is 23.0 Å². The number of carbonyl (C=O) groups excluding carboxylic acids is 1. The van der Waals surface area contributed by atoms with Gasteiger partial charge >= 0.3 is 0 Å². The number of nitrogens with zero attached hydrogens (tertiary/aromatic N) is 3. The van der Waals surface area contributed by atoms with Crippen molar-refractivity contribution >= 4 is 32.4 Å². The van der Waals surface area contributed by atoms with Gasteiger partial charge in [-0.05, 0) is 73.7 Å². The second-order valence-corrected chi connectivity index (χ2v) is 10.6. The van der Waals surface area contributed by atoms with E-state index >= 15 is 0 Å². The molecule has 1 N–H and O–H groups in total. The van der Waals surface area contributed by atoms with Crippen LogP contribution in [0.5, 0.6) is 5.75 Å². The molecule has 3 heterocycles. The second kappa shape index (κ2) is 9.76. The predicted octanol–water partition coefficient (Wildman–Crippen LogP) is 5.32. The summed E-state index contributed by atoms with van der Waals surface area (Å²) < 4.78 is 8.41. The fraction of sp³-hybridized carbons (Fsp3) is 0.407. The minimum Gasteiger partial charge on any atom is -0.497 e. The van der Waals surface area contributed by atoms with Crippen molar-refractivity contribution in [2.45, 2.75) is 26.7 Å². The van der Waals surface area contributed by atoms with Crippen LogP contribution in [0.1, 0.15) is 37.0 Å². The van der Waals surface area contributed by atoms with Gasteiger partial charge in [0.25, 0.3) is 5.91 Å². The average Bonchev–Trinajstić information content (AvgIpc) is 3.39. The van der Waals surface area contributed by atoms with Crippen LogP contribution in [0.25, 0.3) is 26.4 Å². The number of nitrogens with one attached hydrogen (secondary N) is 1. The van der Waals surface area contributed by atoms with Crippen LogP contribution in [-0.2, 0) is 0 Å². The molecule has 2 aromatic carbocycles. The van der Waals surface area contributed by atoms with Gasteiger partial charge in [0.2, 0.25) is 0 Å². The summed E-state index contributed by atoms with van der Waals surface area (Å²) in [6.07, 6.45) is 4.36. The summed E-state index contributed by atoms with van der Waals surface area (Å²) in [5.41, 5.74) is 3.74. The van der Waals surface area contributed by atoms with Gasteiger partial charge in [0, 0.05) is 37.0 Å². The number of likely N-dealkylation sites (tertiary alicyclic amines) is 1. The molecule has 2 aromatic heterocycles. The number of amides is 1. The molecule has 2 unspecified atom stereocenters. The van der Waals surface area contributed by atoms with Crippen molar-refractivity contribution in [1.29, 1.82) is 0 Å². The van der Waals surface area contributed by atoms with Gasteiger partial charge < -0.3 is 15.0 Å². The van der Waals surface area contributed by atoms with E-state index in [9.17, 15) is 4.79 Å². The van der Waals surface area contributed by atoms with Gasteiger partial charge in [-0.25, -0.2) is 4.98 Å². The Morgan fingerprint density at radius 3 is 2.65 bits per heavy atom. The molecule has 0 radical (unpaired) electrons. The lowest BCUT2D eigenvalue weighted by molar-refractivity contribution is 0.0947. The zero-order chi connectivity index (χ0) is 23.7. The first-order chi connectivity index (χ1) is 16.5. The van der Waals surface area contributed by atoms with Crippen LogP contribution in [0.2, 0.25) is 0 Å². The van der Waals surface area contributed by atoms with E-state index < -0.39 is 0 Å². The Morgan fingerprint density at radius 1 is 1.15 bits per heavy atom. The summed E-state index contributed by atoms with van der Waals surface area (Å²) >= 11 is 1.60. The van der Waals surface area contributed by atoms with Gasteiger partial charge in [-0.1, -0.05) is 25.2 Å². The number of hydrogen-bond acceptors (Lipinski definition) is 5. The number of ether oxygens (including phenoxy) is 1. The molecule has 0 spiro atoms. The van der Waals surface area contributed by atoms with Gasteiger partial charge in [0.15, 0.2) is 4.96 Å². The highest BCUT2D eigenvalue weighted by Gasteiger charge is 2.21. The zero-order valence-electron chi connectivity index (χ0n) is 20.1. The Morgan fingerprint density at radius 2 is 1.91 bits per heavy atom. The molecule has 0 saturated carbocycles. The van der Waals surface area contributed by atoms with Crippen molar-refractivity contribution in [3.63, 3.8) is 0 Å². The summed E-state index contributed by atoms with van der Waals surface area (Å²) in [7, 11) is 1.67. The maximum absolute atomic E-state index is 12.7. The maximum Gasteiger partial charge on any atom is 0.251 e. The maximum atomic E-state index is 12.7. The molecular formula is C27H32N4O2S. The molecule has 1 fully saturated rings. The van der Waals surface area contributed by atoms with Crippen molar-refractivity contribution in [2.24, 2.45) is 11.8 Å². The lowest BCUT2D eigenvalue weighted by Crippen LogP contribution is -2.40. The van der Waals surface area contributed by atoms with Crippen LogP contribution < -0.4 is 10.1 Å². The molecule has 178 valence electrons. The number of rotatable bonds is 7. The Kier molecular flexibility index (Phi) is 6.57. The van der Waals surface area contributed by atoms with Crippen LogP contribution in [0.3, 0.4) is 0 Å². The number of fused-ring (bicyclic) bond motifs is 3. The third kappa shape index (κ3) is 4.81. The minimum atomic E-state index is -0.00718. The first kappa shape index (κ1) is 22.9. The smallest absolute Gasteiger partial charge is 0.251 e. The zero-order valence-corrected chi connectivity index (χ0v) is 20.9. The van der Waals surface area contributed by atoms with Crippen molar-refractivity contribution in [2.75, 3.05) is 33.3 Å². The molecule has 2 atom stereocenters. The van der Waals surface area contributed by atoms with Crippen LogP contribution in [0.15, 0.2) is 48.7 Å². The van der Waals surface area contributed by atoms with E-state index in [0.717, 1.165) is 57.0 Å². The summed E-state index contributed by atoms with van der Waals surface area (Å²) in [6, 6.07) is 13.8. The van der Waals surface area contributed by atoms with E-state index in [2.05, 4.69) is 34.7 Å². The quantitative estimate of drug-likeness (QED) is 0.367. The molecule has 1 saturated heterocycles. The molecule has 5 rings (SSSR count). The first-order valence-electron chi connectivity index (χ1n) is 12.1. The van der Waals surface area contributed by atoms with Crippen LogP contribution in [0, 0.1) is 11.8 Å². The normalized spacial score (nSPS) is 19.0.